The van der Waals surface area contributed by atoms with E-state index in [1.54, 1.807) is 6.92 Å². The molecule has 0 aliphatic heterocycles. The van der Waals surface area contributed by atoms with E-state index in [4.69, 9.17) is 5.73 Å². The lowest BCUT2D eigenvalue weighted by atomic mass is 10.4. The van der Waals surface area contributed by atoms with Crippen molar-refractivity contribution >= 4 is 28.3 Å². The molecule has 0 fully saturated rings. The number of carbonyl (C=O) groups is 2. The van der Waals surface area contributed by atoms with Crippen molar-refractivity contribution in [2.75, 3.05) is 19.0 Å². The Morgan fingerprint density at radius 2 is 2.25 bits per heavy atom. The lowest BCUT2D eigenvalue weighted by molar-refractivity contribution is -0.117. The molecule has 0 radical (unpaired) electrons. The fourth-order valence-electron chi connectivity index (χ4n) is 1.05. The first kappa shape index (κ1) is 12.4. The van der Waals surface area contributed by atoms with Gasteiger partial charge in [0.15, 0.2) is 5.13 Å². The molecule has 0 saturated carbocycles. The lowest BCUT2D eigenvalue weighted by Crippen LogP contribution is -2.15. The number of carbonyl (C=O) groups excluding carboxylic acids is 2. The fraction of sp³-hybridized carbons (Fsp3) is 0.444. The Kier molecular flexibility index (Phi) is 4.24. The van der Waals surface area contributed by atoms with Crippen LogP contribution in [-0.4, -0.2) is 30.5 Å². The number of nitrogens with one attached hydrogen (secondary N) is 1. The van der Waals surface area contributed by atoms with Crippen molar-refractivity contribution in [1.29, 1.82) is 0 Å². The van der Waals surface area contributed by atoms with Crippen LogP contribution in [0, 0.1) is 6.92 Å². The van der Waals surface area contributed by atoms with E-state index in [0.717, 1.165) is 0 Å². The van der Waals surface area contributed by atoms with Crippen molar-refractivity contribution in [1.82, 2.24) is 4.98 Å². The SMILES string of the molecule is COC(=O)c1sc(NCCC(N)=O)nc1C. The minimum atomic E-state index is -0.405. The van der Waals surface area contributed by atoms with Crippen LogP contribution < -0.4 is 11.1 Å². The van der Waals surface area contributed by atoms with Gasteiger partial charge in [-0.2, -0.15) is 0 Å². The third kappa shape index (κ3) is 3.20. The van der Waals surface area contributed by atoms with Gasteiger partial charge in [-0.25, -0.2) is 9.78 Å². The van der Waals surface area contributed by atoms with Crippen molar-refractivity contribution in [2.24, 2.45) is 5.73 Å². The van der Waals surface area contributed by atoms with E-state index >= 15 is 0 Å². The van der Waals surface area contributed by atoms with Gasteiger partial charge in [0, 0.05) is 13.0 Å². The number of methoxy groups -OCH3 is 1. The molecule has 1 aromatic heterocycles. The highest BCUT2D eigenvalue weighted by molar-refractivity contribution is 7.17. The molecule has 1 rings (SSSR count). The molecule has 0 aliphatic rings. The maximum Gasteiger partial charge on any atom is 0.350 e. The number of primary amides is 1. The highest BCUT2D eigenvalue weighted by Gasteiger charge is 2.15. The maximum atomic E-state index is 11.3. The number of hydrogen-bond acceptors (Lipinski definition) is 6. The molecule has 0 bridgehead atoms. The van der Waals surface area contributed by atoms with Gasteiger partial charge in [0.25, 0.3) is 0 Å². The molecule has 1 amide bonds. The van der Waals surface area contributed by atoms with Crippen LogP contribution in [0.3, 0.4) is 0 Å². The van der Waals surface area contributed by atoms with Crippen molar-refractivity contribution in [2.45, 2.75) is 13.3 Å². The minimum Gasteiger partial charge on any atom is -0.465 e. The smallest absolute Gasteiger partial charge is 0.350 e. The molecule has 0 unspecified atom stereocenters. The Labute approximate surface area is 96.8 Å². The average molecular weight is 243 g/mol. The summed E-state index contributed by atoms with van der Waals surface area (Å²) in [6.45, 7) is 2.13. The number of hydrogen-bond donors (Lipinski definition) is 2. The normalized spacial score (nSPS) is 9.88. The summed E-state index contributed by atoms with van der Waals surface area (Å²) in [6, 6.07) is 0. The first-order valence-corrected chi connectivity index (χ1v) is 5.44. The van der Waals surface area contributed by atoms with Gasteiger partial charge in [0.05, 0.1) is 12.8 Å². The van der Waals surface area contributed by atoms with Crippen LogP contribution in [-0.2, 0) is 9.53 Å². The standard InChI is InChI=1S/C9H13N3O3S/c1-5-7(8(14)15-2)16-9(12-5)11-4-3-6(10)13/h3-4H2,1-2H3,(H2,10,13)(H,11,12). The van der Waals surface area contributed by atoms with Crippen LogP contribution in [0.25, 0.3) is 0 Å². The molecule has 1 heterocycles. The van der Waals surface area contributed by atoms with E-state index in [-0.39, 0.29) is 12.3 Å². The van der Waals surface area contributed by atoms with E-state index in [9.17, 15) is 9.59 Å². The van der Waals surface area contributed by atoms with Gasteiger partial charge in [-0.15, -0.1) is 0 Å². The third-order valence-electron chi connectivity index (χ3n) is 1.82. The monoisotopic (exact) mass is 243 g/mol. The predicted molar refractivity (Wildman–Crippen MR) is 60.5 cm³/mol. The number of rotatable bonds is 5. The number of aromatic nitrogens is 1. The first-order valence-electron chi connectivity index (χ1n) is 4.62. The number of thiazole rings is 1. The average Bonchev–Trinajstić information content (AvgIpc) is 2.58. The molecule has 0 aliphatic carbocycles. The Morgan fingerprint density at radius 1 is 1.56 bits per heavy atom. The zero-order valence-electron chi connectivity index (χ0n) is 9.07. The fourth-order valence-corrected chi connectivity index (χ4v) is 1.96. The Morgan fingerprint density at radius 3 is 2.81 bits per heavy atom. The van der Waals surface area contributed by atoms with Crippen LogP contribution in [0.5, 0.6) is 0 Å². The van der Waals surface area contributed by atoms with Gasteiger partial charge in [-0.05, 0) is 6.92 Å². The molecule has 0 atom stereocenters. The summed E-state index contributed by atoms with van der Waals surface area (Å²) in [5.41, 5.74) is 5.60. The zero-order chi connectivity index (χ0) is 12.1. The highest BCUT2D eigenvalue weighted by Crippen LogP contribution is 2.22. The number of amides is 1. The summed E-state index contributed by atoms with van der Waals surface area (Å²) in [5.74, 6) is -0.785. The first-order chi connectivity index (χ1) is 7.54. The summed E-state index contributed by atoms with van der Waals surface area (Å²) < 4.78 is 4.60. The van der Waals surface area contributed by atoms with Crippen molar-refractivity contribution in [3.8, 4) is 0 Å². The Balaban J connectivity index is 2.62. The molecule has 0 aromatic carbocycles. The molecule has 6 nitrogen and oxygen atoms in total. The third-order valence-corrected chi connectivity index (χ3v) is 2.91. The number of ether oxygens (including phenoxy) is 1. The number of aryl methyl sites for hydroxylation is 1. The summed E-state index contributed by atoms with van der Waals surface area (Å²) >= 11 is 1.19. The van der Waals surface area contributed by atoms with Gasteiger partial charge in [-0.1, -0.05) is 11.3 Å². The number of nitrogens with two attached hydrogens (primary N) is 1. The van der Waals surface area contributed by atoms with Gasteiger partial charge < -0.3 is 15.8 Å². The number of esters is 1. The van der Waals surface area contributed by atoms with Crippen LogP contribution in [0.15, 0.2) is 0 Å². The van der Waals surface area contributed by atoms with E-state index < -0.39 is 5.97 Å². The number of anilines is 1. The van der Waals surface area contributed by atoms with E-state index in [1.807, 2.05) is 0 Å². The second-order valence-electron chi connectivity index (χ2n) is 3.07. The molecule has 88 valence electrons. The maximum absolute atomic E-state index is 11.3. The second-order valence-corrected chi connectivity index (χ2v) is 4.07. The summed E-state index contributed by atoms with van der Waals surface area (Å²) in [7, 11) is 1.32. The molecule has 0 saturated heterocycles. The Bertz CT molecular complexity index is 403. The van der Waals surface area contributed by atoms with E-state index in [2.05, 4.69) is 15.0 Å². The van der Waals surface area contributed by atoms with Gasteiger partial charge in [0.2, 0.25) is 5.91 Å². The van der Waals surface area contributed by atoms with Crippen molar-refractivity contribution < 1.29 is 14.3 Å². The molecule has 0 spiro atoms. The van der Waals surface area contributed by atoms with Crippen LogP contribution >= 0.6 is 11.3 Å². The zero-order valence-corrected chi connectivity index (χ0v) is 9.89. The second kappa shape index (κ2) is 5.45. The van der Waals surface area contributed by atoms with E-state index in [0.29, 0.717) is 22.2 Å². The van der Waals surface area contributed by atoms with Crippen molar-refractivity contribution in [3.63, 3.8) is 0 Å². The van der Waals surface area contributed by atoms with Crippen LogP contribution in [0.1, 0.15) is 21.8 Å². The molecule has 3 N–H and O–H groups in total. The predicted octanol–water partition coefficient (Wildman–Crippen LogP) is 0.525. The number of nitrogens with zero attached hydrogens (tertiary/aromatic N) is 1. The topological polar surface area (TPSA) is 94.3 Å². The molecule has 16 heavy (non-hydrogen) atoms. The van der Waals surface area contributed by atoms with Gasteiger partial charge in [0.1, 0.15) is 4.88 Å². The van der Waals surface area contributed by atoms with E-state index in [1.165, 1.54) is 18.4 Å². The lowest BCUT2D eigenvalue weighted by Gasteiger charge is -1.98. The van der Waals surface area contributed by atoms with Crippen molar-refractivity contribution in [3.05, 3.63) is 10.6 Å². The minimum absolute atomic E-state index is 0.228. The molecular formula is C9H13N3O3S. The molecular weight excluding hydrogens is 230 g/mol. The Hall–Kier alpha value is -1.63. The largest absolute Gasteiger partial charge is 0.465 e. The van der Waals surface area contributed by atoms with Gasteiger partial charge in [-0.3, -0.25) is 4.79 Å². The summed E-state index contributed by atoms with van der Waals surface area (Å²) in [5, 5.41) is 3.50. The van der Waals surface area contributed by atoms with Gasteiger partial charge >= 0.3 is 5.97 Å². The molecule has 7 heteroatoms. The quantitative estimate of drug-likeness (QED) is 0.735. The summed E-state index contributed by atoms with van der Waals surface area (Å²) in [4.78, 5) is 26.4. The highest BCUT2D eigenvalue weighted by atomic mass is 32.1. The summed E-state index contributed by atoms with van der Waals surface area (Å²) in [6.07, 6.45) is 0.228. The van der Waals surface area contributed by atoms with Crippen LogP contribution in [0.4, 0.5) is 5.13 Å². The molecule has 1 aromatic rings. The van der Waals surface area contributed by atoms with Crippen LogP contribution in [0.2, 0.25) is 0 Å².